The summed E-state index contributed by atoms with van der Waals surface area (Å²) in [5, 5.41) is 6.96. The molecule has 0 unspecified atom stereocenters. The van der Waals surface area contributed by atoms with Gasteiger partial charge in [-0.3, -0.25) is 4.79 Å². The van der Waals surface area contributed by atoms with Gasteiger partial charge in [0.2, 0.25) is 5.91 Å². The maximum atomic E-state index is 12.8. The molecule has 7 heteroatoms. The van der Waals surface area contributed by atoms with E-state index in [1.807, 2.05) is 30.3 Å². The Morgan fingerprint density at radius 3 is 2.59 bits per heavy atom. The first kappa shape index (κ1) is 18.7. The molecule has 0 fully saturated rings. The van der Waals surface area contributed by atoms with Crippen LogP contribution in [0.2, 0.25) is 0 Å². The van der Waals surface area contributed by atoms with Crippen LogP contribution in [0, 0.1) is 0 Å². The smallest absolute Gasteiger partial charge is 0.349 e. The SMILES string of the molecule is C[C@H](NC(=O)Cc1cnn(-c2ccccc2)c1)c1cccc(C(F)(F)F)c1. The molecule has 1 aromatic heterocycles. The van der Waals surface area contributed by atoms with Crippen LogP contribution in [0.4, 0.5) is 13.2 Å². The van der Waals surface area contributed by atoms with Gasteiger partial charge < -0.3 is 5.32 Å². The van der Waals surface area contributed by atoms with Crippen LogP contribution in [0.1, 0.15) is 29.7 Å². The van der Waals surface area contributed by atoms with E-state index >= 15 is 0 Å². The lowest BCUT2D eigenvalue weighted by Crippen LogP contribution is -2.28. The number of carbonyl (C=O) groups is 1. The average Bonchev–Trinajstić information content (AvgIpc) is 3.10. The van der Waals surface area contributed by atoms with Crippen molar-refractivity contribution in [3.63, 3.8) is 0 Å². The van der Waals surface area contributed by atoms with E-state index in [1.54, 1.807) is 30.1 Å². The van der Waals surface area contributed by atoms with Crippen LogP contribution in [0.25, 0.3) is 5.69 Å². The molecule has 0 saturated carbocycles. The Hall–Kier alpha value is -3.09. The maximum absolute atomic E-state index is 12.8. The van der Waals surface area contributed by atoms with Crippen molar-refractivity contribution in [3.05, 3.63) is 83.7 Å². The number of benzene rings is 2. The largest absolute Gasteiger partial charge is 0.416 e. The third kappa shape index (κ3) is 4.75. The minimum Gasteiger partial charge on any atom is -0.349 e. The molecule has 1 heterocycles. The second-order valence-electron chi connectivity index (χ2n) is 6.22. The van der Waals surface area contributed by atoms with Gasteiger partial charge in [-0.25, -0.2) is 4.68 Å². The van der Waals surface area contributed by atoms with Crippen LogP contribution in [-0.4, -0.2) is 15.7 Å². The van der Waals surface area contributed by atoms with Gasteiger partial charge in [-0.05, 0) is 42.3 Å². The fourth-order valence-electron chi connectivity index (χ4n) is 2.72. The van der Waals surface area contributed by atoms with Gasteiger partial charge in [0.1, 0.15) is 0 Å². The molecule has 1 N–H and O–H groups in total. The Bertz CT molecular complexity index is 919. The zero-order chi connectivity index (χ0) is 19.4. The van der Waals surface area contributed by atoms with Crippen molar-refractivity contribution in [2.45, 2.75) is 25.6 Å². The molecule has 0 spiro atoms. The van der Waals surface area contributed by atoms with E-state index in [4.69, 9.17) is 0 Å². The summed E-state index contributed by atoms with van der Waals surface area (Å²) in [5.41, 5.74) is 1.26. The quantitative estimate of drug-likeness (QED) is 0.724. The van der Waals surface area contributed by atoms with Crippen LogP contribution in [0.5, 0.6) is 0 Å². The standard InChI is InChI=1S/C20H18F3N3O/c1-14(16-6-5-7-17(11-16)20(21,22)23)25-19(27)10-15-12-24-26(13-15)18-8-3-2-4-9-18/h2-9,11-14H,10H2,1H3,(H,25,27)/t14-/m0/s1. The molecule has 0 aliphatic rings. The summed E-state index contributed by atoms with van der Waals surface area (Å²) < 4.78 is 40.1. The number of alkyl halides is 3. The lowest BCUT2D eigenvalue weighted by molar-refractivity contribution is -0.137. The third-order valence-corrected chi connectivity index (χ3v) is 4.11. The number of nitrogens with zero attached hydrogens (tertiary/aromatic N) is 2. The van der Waals surface area contributed by atoms with Gasteiger partial charge in [-0.2, -0.15) is 18.3 Å². The summed E-state index contributed by atoms with van der Waals surface area (Å²) in [5.74, 6) is -0.285. The van der Waals surface area contributed by atoms with E-state index in [0.717, 1.165) is 17.8 Å². The monoisotopic (exact) mass is 373 g/mol. The molecule has 1 amide bonds. The molecule has 0 aliphatic heterocycles. The summed E-state index contributed by atoms with van der Waals surface area (Å²) in [6.45, 7) is 1.65. The van der Waals surface area contributed by atoms with Gasteiger partial charge >= 0.3 is 6.18 Å². The van der Waals surface area contributed by atoms with E-state index in [-0.39, 0.29) is 12.3 Å². The predicted octanol–water partition coefficient (Wildman–Crippen LogP) is 4.31. The highest BCUT2D eigenvalue weighted by molar-refractivity contribution is 5.78. The Labute approximate surface area is 154 Å². The maximum Gasteiger partial charge on any atom is 0.416 e. The Morgan fingerprint density at radius 2 is 1.89 bits per heavy atom. The summed E-state index contributed by atoms with van der Waals surface area (Å²) >= 11 is 0. The molecule has 0 radical (unpaired) electrons. The van der Waals surface area contributed by atoms with E-state index in [0.29, 0.717) is 11.1 Å². The number of hydrogen-bond acceptors (Lipinski definition) is 2. The fourth-order valence-corrected chi connectivity index (χ4v) is 2.72. The molecule has 27 heavy (non-hydrogen) atoms. The highest BCUT2D eigenvalue weighted by Gasteiger charge is 2.30. The number of para-hydroxylation sites is 1. The highest BCUT2D eigenvalue weighted by atomic mass is 19.4. The van der Waals surface area contributed by atoms with Crippen molar-refractivity contribution < 1.29 is 18.0 Å². The molecule has 0 saturated heterocycles. The minimum atomic E-state index is -4.41. The lowest BCUT2D eigenvalue weighted by Gasteiger charge is -2.16. The van der Waals surface area contributed by atoms with Crippen molar-refractivity contribution in [2.75, 3.05) is 0 Å². The number of rotatable bonds is 5. The van der Waals surface area contributed by atoms with Gasteiger partial charge in [0, 0.05) is 6.20 Å². The first-order valence-electron chi connectivity index (χ1n) is 8.38. The Kier molecular flexibility index (Phi) is 5.30. The summed E-state index contributed by atoms with van der Waals surface area (Å²) in [4.78, 5) is 12.3. The van der Waals surface area contributed by atoms with Crippen LogP contribution < -0.4 is 5.32 Å². The van der Waals surface area contributed by atoms with Gasteiger partial charge in [0.25, 0.3) is 0 Å². The van der Waals surface area contributed by atoms with Crippen LogP contribution in [-0.2, 0) is 17.4 Å². The van der Waals surface area contributed by atoms with E-state index < -0.39 is 17.8 Å². The van der Waals surface area contributed by atoms with Crippen molar-refractivity contribution in [2.24, 2.45) is 0 Å². The normalized spacial score (nSPS) is 12.6. The van der Waals surface area contributed by atoms with Gasteiger partial charge in [-0.1, -0.05) is 30.3 Å². The second-order valence-corrected chi connectivity index (χ2v) is 6.22. The lowest BCUT2D eigenvalue weighted by atomic mass is 10.0. The third-order valence-electron chi connectivity index (χ3n) is 4.11. The highest BCUT2D eigenvalue weighted by Crippen LogP contribution is 2.30. The second kappa shape index (κ2) is 7.65. The predicted molar refractivity (Wildman–Crippen MR) is 95.3 cm³/mol. The summed E-state index contributed by atoms with van der Waals surface area (Å²) in [6.07, 6.45) is -0.965. The molecule has 1 atom stereocenters. The van der Waals surface area contributed by atoms with Gasteiger partial charge in [0.15, 0.2) is 0 Å². The van der Waals surface area contributed by atoms with E-state index in [1.165, 1.54) is 6.07 Å². The number of nitrogens with one attached hydrogen (secondary N) is 1. The summed E-state index contributed by atoms with van der Waals surface area (Å²) in [6, 6.07) is 13.9. The number of aromatic nitrogens is 2. The molecule has 0 bridgehead atoms. The first-order valence-corrected chi connectivity index (χ1v) is 8.38. The molecular weight excluding hydrogens is 355 g/mol. The zero-order valence-electron chi connectivity index (χ0n) is 14.6. The Balaban J connectivity index is 1.64. The number of hydrogen-bond donors (Lipinski definition) is 1. The fraction of sp³-hybridized carbons (Fsp3) is 0.200. The van der Waals surface area contributed by atoms with Crippen molar-refractivity contribution in [1.82, 2.24) is 15.1 Å². The molecule has 0 aliphatic carbocycles. The van der Waals surface area contributed by atoms with Crippen molar-refractivity contribution in [1.29, 1.82) is 0 Å². The molecule has 3 rings (SSSR count). The van der Waals surface area contributed by atoms with Gasteiger partial charge in [-0.15, -0.1) is 0 Å². The molecule has 4 nitrogen and oxygen atoms in total. The molecule has 3 aromatic rings. The number of halogens is 3. The first-order chi connectivity index (χ1) is 12.8. The van der Waals surface area contributed by atoms with Crippen LogP contribution >= 0.6 is 0 Å². The number of amides is 1. The summed E-state index contributed by atoms with van der Waals surface area (Å²) in [7, 11) is 0. The van der Waals surface area contributed by atoms with Gasteiger partial charge in [0.05, 0.1) is 29.9 Å². The van der Waals surface area contributed by atoms with Crippen molar-refractivity contribution >= 4 is 5.91 Å². The van der Waals surface area contributed by atoms with E-state index in [9.17, 15) is 18.0 Å². The van der Waals surface area contributed by atoms with Crippen LogP contribution in [0.15, 0.2) is 67.0 Å². The minimum absolute atomic E-state index is 0.0934. The average molecular weight is 373 g/mol. The number of carbonyl (C=O) groups excluding carboxylic acids is 1. The van der Waals surface area contributed by atoms with Crippen LogP contribution in [0.3, 0.4) is 0 Å². The Morgan fingerprint density at radius 1 is 1.15 bits per heavy atom. The zero-order valence-corrected chi connectivity index (χ0v) is 14.6. The van der Waals surface area contributed by atoms with E-state index in [2.05, 4.69) is 10.4 Å². The topological polar surface area (TPSA) is 46.9 Å². The van der Waals surface area contributed by atoms with Crippen molar-refractivity contribution in [3.8, 4) is 5.69 Å². The molecule has 2 aromatic carbocycles. The molecular formula is C20H18F3N3O. The molecule has 140 valence electrons.